The molecule has 1 aliphatic heterocycles. The number of likely N-dealkylation sites (N-methyl/N-ethyl adjacent to an activating group) is 1. The summed E-state index contributed by atoms with van der Waals surface area (Å²) in [6, 6.07) is 11.1. The molecule has 1 N–H and O–H groups in total. The summed E-state index contributed by atoms with van der Waals surface area (Å²) in [4.78, 5) is 0. The van der Waals surface area contributed by atoms with Crippen LogP contribution in [0.15, 0.2) is 30.3 Å². The van der Waals surface area contributed by atoms with Crippen molar-refractivity contribution < 1.29 is 4.74 Å². The molecule has 1 heterocycles. The lowest BCUT2D eigenvalue weighted by Crippen LogP contribution is -2.41. The zero-order valence-electron chi connectivity index (χ0n) is 10.4. The second-order valence-corrected chi connectivity index (χ2v) is 4.41. The first kappa shape index (κ1) is 14.5. The molecule has 0 aromatic heterocycles. The summed E-state index contributed by atoms with van der Waals surface area (Å²) in [6.45, 7) is 4.10. The van der Waals surface area contributed by atoms with Crippen LogP contribution in [-0.4, -0.2) is 25.3 Å². The van der Waals surface area contributed by atoms with Crippen molar-refractivity contribution in [2.45, 2.75) is 38.3 Å². The fraction of sp³-hybridized carbons (Fsp3) is 0.571. The molecule has 1 saturated heterocycles. The van der Waals surface area contributed by atoms with Gasteiger partial charge in [-0.15, -0.1) is 12.4 Å². The van der Waals surface area contributed by atoms with Crippen molar-refractivity contribution in [1.82, 2.24) is 5.32 Å². The number of halogens is 1. The molecule has 0 amide bonds. The Labute approximate surface area is 110 Å². The Balaban J connectivity index is 0.00000144. The average molecular weight is 256 g/mol. The van der Waals surface area contributed by atoms with Gasteiger partial charge < -0.3 is 10.1 Å². The van der Waals surface area contributed by atoms with Crippen molar-refractivity contribution in [1.29, 1.82) is 0 Å². The number of hydrogen-bond acceptors (Lipinski definition) is 2. The summed E-state index contributed by atoms with van der Waals surface area (Å²) >= 11 is 0. The van der Waals surface area contributed by atoms with E-state index in [9.17, 15) is 0 Å². The van der Waals surface area contributed by atoms with E-state index in [1.807, 2.05) is 0 Å². The van der Waals surface area contributed by atoms with E-state index in [0.29, 0.717) is 12.1 Å². The van der Waals surface area contributed by atoms with E-state index in [2.05, 4.69) is 42.6 Å². The highest BCUT2D eigenvalue weighted by molar-refractivity contribution is 5.85. The maximum atomic E-state index is 5.78. The van der Waals surface area contributed by atoms with Crippen LogP contribution in [-0.2, 0) is 11.2 Å². The Morgan fingerprint density at radius 1 is 1.35 bits per heavy atom. The highest BCUT2D eigenvalue weighted by atomic mass is 35.5. The van der Waals surface area contributed by atoms with E-state index in [1.165, 1.54) is 18.4 Å². The van der Waals surface area contributed by atoms with Crippen LogP contribution >= 0.6 is 12.4 Å². The van der Waals surface area contributed by atoms with E-state index in [-0.39, 0.29) is 12.4 Å². The van der Waals surface area contributed by atoms with Gasteiger partial charge in [0.15, 0.2) is 0 Å². The highest BCUT2D eigenvalue weighted by Crippen LogP contribution is 2.18. The predicted molar refractivity (Wildman–Crippen MR) is 73.8 cm³/mol. The van der Waals surface area contributed by atoms with Crippen LogP contribution in [0.2, 0.25) is 0 Å². The lowest BCUT2D eigenvalue weighted by atomic mass is 9.99. The topological polar surface area (TPSA) is 21.3 Å². The van der Waals surface area contributed by atoms with Gasteiger partial charge in [0, 0.05) is 12.6 Å². The fourth-order valence-corrected chi connectivity index (χ4v) is 2.39. The molecule has 2 atom stereocenters. The number of ether oxygens (including phenoxy) is 1. The van der Waals surface area contributed by atoms with Crippen molar-refractivity contribution >= 4 is 12.4 Å². The van der Waals surface area contributed by atoms with Crippen molar-refractivity contribution in [2.75, 3.05) is 13.2 Å². The predicted octanol–water partition coefficient (Wildman–Crippen LogP) is 2.81. The SMILES string of the molecule is CCNC(Cc1ccccc1)C1CCCO1.Cl. The molecule has 17 heavy (non-hydrogen) atoms. The molecule has 0 aliphatic carbocycles. The molecule has 1 aliphatic rings. The van der Waals surface area contributed by atoms with Crippen LogP contribution in [0.3, 0.4) is 0 Å². The third-order valence-electron chi connectivity index (χ3n) is 3.18. The molecule has 2 unspecified atom stereocenters. The van der Waals surface area contributed by atoms with Crippen molar-refractivity contribution in [3.63, 3.8) is 0 Å². The minimum Gasteiger partial charge on any atom is -0.377 e. The standard InChI is InChI=1S/C14H21NO.ClH/c1-2-15-13(14-9-6-10-16-14)11-12-7-4-3-5-8-12;/h3-5,7-8,13-15H,2,6,9-11H2,1H3;1H. The molecular formula is C14H22ClNO. The smallest absolute Gasteiger partial charge is 0.0732 e. The van der Waals surface area contributed by atoms with Crippen molar-refractivity contribution in [2.24, 2.45) is 0 Å². The van der Waals surface area contributed by atoms with E-state index >= 15 is 0 Å². The number of hydrogen-bond donors (Lipinski definition) is 1. The fourth-order valence-electron chi connectivity index (χ4n) is 2.39. The number of nitrogens with one attached hydrogen (secondary N) is 1. The largest absolute Gasteiger partial charge is 0.377 e. The maximum Gasteiger partial charge on any atom is 0.0732 e. The molecule has 2 rings (SSSR count). The van der Waals surface area contributed by atoms with Crippen LogP contribution in [0.5, 0.6) is 0 Å². The summed E-state index contributed by atoms with van der Waals surface area (Å²) in [5.41, 5.74) is 1.39. The van der Waals surface area contributed by atoms with Crippen LogP contribution < -0.4 is 5.32 Å². The second-order valence-electron chi connectivity index (χ2n) is 4.41. The Hall–Kier alpha value is -0.570. The highest BCUT2D eigenvalue weighted by Gasteiger charge is 2.25. The molecule has 0 radical (unpaired) electrons. The van der Waals surface area contributed by atoms with Crippen LogP contribution in [0.1, 0.15) is 25.3 Å². The molecule has 96 valence electrons. The molecule has 1 aromatic carbocycles. The van der Waals surface area contributed by atoms with Gasteiger partial charge in [-0.1, -0.05) is 37.3 Å². The molecule has 0 spiro atoms. The maximum absolute atomic E-state index is 5.78. The van der Waals surface area contributed by atoms with Gasteiger partial charge >= 0.3 is 0 Å². The summed E-state index contributed by atoms with van der Waals surface area (Å²) in [5.74, 6) is 0. The van der Waals surface area contributed by atoms with Crippen LogP contribution in [0.4, 0.5) is 0 Å². The van der Waals surface area contributed by atoms with Gasteiger partial charge in [0.1, 0.15) is 0 Å². The van der Waals surface area contributed by atoms with Gasteiger partial charge in [-0.25, -0.2) is 0 Å². The molecule has 2 nitrogen and oxygen atoms in total. The minimum atomic E-state index is 0. The van der Waals surface area contributed by atoms with Crippen molar-refractivity contribution in [3.05, 3.63) is 35.9 Å². The molecule has 0 saturated carbocycles. The van der Waals surface area contributed by atoms with Gasteiger partial charge in [0.2, 0.25) is 0 Å². The third-order valence-corrected chi connectivity index (χ3v) is 3.18. The van der Waals surface area contributed by atoms with Gasteiger partial charge in [0.05, 0.1) is 6.10 Å². The molecular weight excluding hydrogens is 234 g/mol. The quantitative estimate of drug-likeness (QED) is 0.874. The summed E-state index contributed by atoms with van der Waals surface area (Å²) < 4.78 is 5.78. The Bertz CT molecular complexity index is 298. The van der Waals surface area contributed by atoms with Gasteiger partial charge in [-0.2, -0.15) is 0 Å². The van der Waals surface area contributed by atoms with Gasteiger partial charge in [0.25, 0.3) is 0 Å². The summed E-state index contributed by atoms with van der Waals surface area (Å²) in [5, 5.41) is 3.55. The first-order chi connectivity index (χ1) is 7.90. The molecule has 1 aromatic rings. The normalized spacial score (nSPS) is 20.9. The third kappa shape index (κ3) is 4.30. The van der Waals surface area contributed by atoms with Crippen LogP contribution in [0, 0.1) is 0 Å². The first-order valence-electron chi connectivity index (χ1n) is 6.29. The summed E-state index contributed by atoms with van der Waals surface area (Å²) in [7, 11) is 0. The Kier molecular flexibility index (Phi) is 6.56. The first-order valence-corrected chi connectivity index (χ1v) is 6.29. The minimum absolute atomic E-state index is 0. The lowest BCUT2D eigenvalue weighted by Gasteiger charge is -2.23. The average Bonchev–Trinajstić information content (AvgIpc) is 2.83. The lowest BCUT2D eigenvalue weighted by molar-refractivity contribution is 0.0789. The van der Waals surface area contributed by atoms with E-state index in [1.54, 1.807) is 0 Å². The molecule has 0 bridgehead atoms. The van der Waals surface area contributed by atoms with E-state index in [4.69, 9.17) is 4.74 Å². The monoisotopic (exact) mass is 255 g/mol. The number of benzene rings is 1. The van der Waals surface area contributed by atoms with Crippen LogP contribution in [0.25, 0.3) is 0 Å². The Morgan fingerprint density at radius 2 is 2.12 bits per heavy atom. The second kappa shape index (κ2) is 7.70. The van der Waals surface area contributed by atoms with Crippen molar-refractivity contribution in [3.8, 4) is 0 Å². The van der Waals surface area contributed by atoms with E-state index in [0.717, 1.165) is 19.6 Å². The van der Waals surface area contributed by atoms with Gasteiger partial charge in [-0.05, 0) is 31.4 Å². The molecule has 1 fully saturated rings. The summed E-state index contributed by atoms with van der Waals surface area (Å²) in [6.07, 6.45) is 3.88. The zero-order valence-corrected chi connectivity index (χ0v) is 11.2. The van der Waals surface area contributed by atoms with E-state index < -0.39 is 0 Å². The zero-order chi connectivity index (χ0) is 11.2. The Morgan fingerprint density at radius 3 is 2.71 bits per heavy atom. The van der Waals surface area contributed by atoms with Gasteiger partial charge in [-0.3, -0.25) is 0 Å². The molecule has 3 heteroatoms. The number of rotatable bonds is 5.